The second kappa shape index (κ2) is 9.23. The van der Waals surface area contributed by atoms with Crippen LogP contribution in [0.5, 0.6) is 0 Å². The van der Waals surface area contributed by atoms with Gasteiger partial charge in [0, 0.05) is 29.8 Å². The van der Waals surface area contributed by atoms with Gasteiger partial charge in [-0.2, -0.15) is 4.57 Å². The minimum absolute atomic E-state index is 0.143. The summed E-state index contributed by atoms with van der Waals surface area (Å²) in [6, 6.07) is 0.887. The molecule has 13 nitrogen and oxygen atoms in total. The quantitative estimate of drug-likeness (QED) is 0.158. The average molecular weight is 529 g/mol. The van der Waals surface area contributed by atoms with Crippen molar-refractivity contribution >= 4 is 62.8 Å². The summed E-state index contributed by atoms with van der Waals surface area (Å²) >= 11 is 2.48. The molecule has 36 heavy (non-hydrogen) atoms. The van der Waals surface area contributed by atoms with Gasteiger partial charge in [-0.05, 0) is 0 Å². The van der Waals surface area contributed by atoms with E-state index in [9.17, 15) is 19.5 Å². The molecule has 0 bridgehead atoms. The number of amides is 2. The van der Waals surface area contributed by atoms with E-state index in [1.54, 1.807) is 17.9 Å². The first-order chi connectivity index (χ1) is 17.3. The number of rotatable bonds is 7. The number of carboxylic acid groups (broad SMARTS) is 1. The molecule has 0 spiro atoms. The van der Waals surface area contributed by atoms with Gasteiger partial charge >= 0.3 is 0 Å². The molecule has 0 radical (unpaired) electrons. The molecule has 15 heteroatoms. The molecule has 0 saturated carbocycles. The molecular weight excluding hydrogens is 508 g/mol. The summed E-state index contributed by atoms with van der Waals surface area (Å²) in [5.74, 6) is -2.36. The van der Waals surface area contributed by atoms with Crippen LogP contribution in [-0.2, 0) is 32.8 Å². The van der Waals surface area contributed by atoms with Crippen molar-refractivity contribution in [2.45, 2.75) is 18.0 Å². The third-order valence-electron chi connectivity index (χ3n) is 5.79. The van der Waals surface area contributed by atoms with Crippen molar-refractivity contribution in [1.29, 1.82) is 0 Å². The lowest BCUT2D eigenvalue weighted by Gasteiger charge is -2.50. The van der Waals surface area contributed by atoms with Crippen LogP contribution in [0.2, 0.25) is 0 Å². The minimum atomic E-state index is -1.45. The van der Waals surface area contributed by atoms with Crippen LogP contribution in [0.3, 0.4) is 0 Å². The summed E-state index contributed by atoms with van der Waals surface area (Å²) in [7, 11) is 3.14. The van der Waals surface area contributed by atoms with E-state index in [-0.39, 0.29) is 28.8 Å². The van der Waals surface area contributed by atoms with Gasteiger partial charge in [-0.3, -0.25) is 14.5 Å². The van der Waals surface area contributed by atoms with Crippen molar-refractivity contribution in [3.8, 4) is 0 Å². The third-order valence-corrected chi connectivity index (χ3v) is 7.80. The zero-order chi connectivity index (χ0) is 25.6. The van der Waals surface area contributed by atoms with Crippen LogP contribution in [0.4, 0.5) is 5.13 Å². The van der Waals surface area contributed by atoms with Crippen molar-refractivity contribution in [2.24, 2.45) is 12.2 Å². The van der Waals surface area contributed by atoms with Gasteiger partial charge in [-0.25, -0.2) is 9.97 Å². The Morgan fingerprint density at radius 2 is 2.25 bits per heavy atom. The molecule has 2 aliphatic rings. The van der Waals surface area contributed by atoms with E-state index in [0.717, 1.165) is 22.4 Å². The first-order valence-electron chi connectivity index (χ1n) is 10.6. The first-order valence-corrected chi connectivity index (χ1v) is 12.5. The number of carboxylic acids is 1. The van der Waals surface area contributed by atoms with Crippen molar-refractivity contribution < 1.29 is 28.9 Å². The summed E-state index contributed by atoms with van der Waals surface area (Å²) in [5, 5.41) is 19.6. The number of nitrogen functional groups attached to an aromatic ring is 1. The summed E-state index contributed by atoms with van der Waals surface area (Å²) < 4.78 is 3.69. The smallest absolute Gasteiger partial charge is 0.276 e. The number of nitrogens with one attached hydrogen (secondary N) is 1. The highest BCUT2D eigenvalue weighted by atomic mass is 32.2. The van der Waals surface area contributed by atoms with Gasteiger partial charge in [0.05, 0.1) is 18.0 Å². The first kappa shape index (κ1) is 23.7. The third kappa shape index (κ3) is 4.05. The van der Waals surface area contributed by atoms with Crippen LogP contribution in [0.25, 0.3) is 11.0 Å². The standard InChI is InChI=1S/C21H20N8O5S2/c1-27-9-23-11-3-4-28(6-13(11)27)5-10-7-35-19-15(18(31)29(19)16(10)20(32)33)25-17(30)14(26-34-2)12-8-36-21(22)24-12/h3-4,6,8-9,15,19H,5,7H2,1-2H3,(H3-,22,24,25,30,32,33)/b26-14-/t15-,19-/m1/s1. The summed E-state index contributed by atoms with van der Waals surface area (Å²) in [6.07, 6.45) is 5.36. The molecule has 186 valence electrons. The Balaban J connectivity index is 1.36. The SMILES string of the molecule is CO/N=C(\C(=O)N[C@@H]1C(=O)N2C(C(=O)[O-])=C(C[n+]3ccc4ncn(C)c4c3)CS[C@H]12)c1csc(N)n1. The number of nitrogens with two attached hydrogens (primary N) is 1. The maximum atomic E-state index is 13.0. The second-order valence-electron chi connectivity index (χ2n) is 8.04. The van der Waals surface area contributed by atoms with E-state index in [1.807, 2.05) is 28.4 Å². The van der Waals surface area contributed by atoms with Gasteiger partial charge in [-0.15, -0.1) is 23.1 Å². The number of oxime groups is 1. The van der Waals surface area contributed by atoms with Gasteiger partial charge in [0.15, 0.2) is 29.8 Å². The van der Waals surface area contributed by atoms with Crippen LogP contribution < -0.4 is 20.7 Å². The Kier molecular flexibility index (Phi) is 6.09. The second-order valence-corrected chi connectivity index (χ2v) is 10.0. The van der Waals surface area contributed by atoms with Crippen LogP contribution in [0, 0.1) is 0 Å². The van der Waals surface area contributed by atoms with E-state index in [4.69, 9.17) is 10.6 Å². The van der Waals surface area contributed by atoms with Crippen molar-refractivity contribution in [3.63, 3.8) is 0 Å². The largest absolute Gasteiger partial charge is 0.543 e. The van der Waals surface area contributed by atoms with E-state index in [0.29, 0.717) is 11.3 Å². The number of carbonyl (C=O) groups excluding carboxylic acids is 3. The number of thiazole rings is 1. The molecule has 5 heterocycles. The van der Waals surface area contributed by atoms with E-state index in [2.05, 4.69) is 20.4 Å². The van der Waals surface area contributed by atoms with E-state index >= 15 is 0 Å². The van der Waals surface area contributed by atoms with Gasteiger partial charge in [0.1, 0.15) is 35.3 Å². The molecule has 5 rings (SSSR count). The molecule has 3 aromatic rings. The Hall–Kier alpha value is -3.98. The van der Waals surface area contributed by atoms with Crippen LogP contribution >= 0.6 is 23.1 Å². The number of hydrogen-bond donors (Lipinski definition) is 2. The van der Waals surface area contributed by atoms with Crippen molar-refractivity contribution in [3.05, 3.63) is 47.1 Å². The average Bonchev–Trinajstić information content (AvgIpc) is 3.45. The number of thioether (sulfide) groups is 1. The predicted octanol–water partition coefficient (Wildman–Crippen LogP) is -1.65. The lowest BCUT2D eigenvalue weighted by Crippen LogP contribution is -2.71. The maximum Gasteiger partial charge on any atom is 0.276 e. The van der Waals surface area contributed by atoms with Crippen LogP contribution in [-0.4, -0.2) is 67.2 Å². The minimum Gasteiger partial charge on any atom is -0.543 e. The van der Waals surface area contributed by atoms with Gasteiger partial charge in [0.25, 0.3) is 11.8 Å². The molecule has 2 amide bonds. The summed E-state index contributed by atoms with van der Waals surface area (Å²) in [6.45, 7) is 0.251. The van der Waals surface area contributed by atoms with E-state index < -0.39 is 29.2 Å². The maximum absolute atomic E-state index is 13.0. The summed E-state index contributed by atoms with van der Waals surface area (Å²) in [4.78, 5) is 52.2. The highest BCUT2D eigenvalue weighted by Crippen LogP contribution is 2.40. The highest BCUT2D eigenvalue weighted by Gasteiger charge is 2.53. The molecule has 2 aliphatic heterocycles. The number of anilines is 1. The highest BCUT2D eigenvalue weighted by molar-refractivity contribution is 8.00. The Labute approximate surface area is 212 Å². The van der Waals surface area contributed by atoms with Gasteiger partial charge < -0.3 is 30.4 Å². The van der Waals surface area contributed by atoms with Crippen molar-refractivity contribution in [1.82, 2.24) is 24.8 Å². The Morgan fingerprint density at radius 1 is 1.44 bits per heavy atom. The van der Waals surface area contributed by atoms with Gasteiger partial charge in [-0.1, -0.05) is 5.16 Å². The monoisotopic (exact) mass is 528 g/mol. The molecule has 0 aromatic carbocycles. The number of aliphatic carboxylic acids is 1. The number of hydrogen-bond acceptors (Lipinski definition) is 11. The number of imidazole rings is 1. The molecular formula is C21H20N8O5S2. The summed E-state index contributed by atoms with van der Waals surface area (Å²) in [5.41, 5.74) is 7.76. The number of aryl methyl sites for hydroxylation is 1. The predicted molar refractivity (Wildman–Crippen MR) is 128 cm³/mol. The molecule has 0 unspecified atom stereocenters. The topological polar surface area (TPSA) is 172 Å². The molecule has 3 N–H and O–H groups in total. The Bertz CT molecular complexity index is 1460. The molecule has 1 fully saturated rings. The number of fused-ring (bicyclic) bond motifs is 2. The fourth-order valence-corrected chi connectivity index (χ4v) is 6.01. The van der Waals surface area contributed by atoms with Crippen LogP contribution in [0.15, 0.2) is 46.6 Å². The Morgan fingerprint density at radius 3 is 2.94 bits per heavy atom. The number of β-lactam (4-membered cyclic amide) rings is 1. The van der Waals surface area contributed by atoms with Crippen LogP contribution in [0.1, 0.15) is 5.69 Å². The molecule has 1 saturated heterocycles. The molecule has 0 aliphatic carbocycles. The van der Waals surface area contributed by atoms with Crippen molar-refractivity contribution in [2.75, 3.05) is 18.6 Å². The lowest BCUT2D eigenvalue weighted by molar-refractivity contribution is -0.687. The number of pyridine rings is 1. The van der Waals surface area contributed by atoms with E-state index in [1.165, 1.54) is 23.8 Å². The lowest BCUT2D eigenvalue weighted by atomic mass is 10.0. The fourth-order valence-electron chi connectivity index (χ4n) is 4.12. The normalized spacial score (nSPS) is 19.8. The molecule has 2 atom stereocenters. The number of nitrogens with zero attached hydrogens (tertiary/aromatic N) is 6. The molecule has 3 aromatic heterocycles. The zero-order valence-corrected chi connectivity index (χ0v) is 20.7. The fraction of sp³-hybridized carbons (Fsp3) is 0.286. The van der Waals surface area contributed by atoms with Gasteiger partial charge in [0.2, 0.25) is 0 Å². The number of aromatic nitrogens is 4. The zero-order valence-electron chi connectivity index (χ0n) is 19.1. The number of carbonyl (C=O) groups is 3.